The van der Waals surface area contributed by atoms with Crippen molar-refractivity contribution in [2.45, 2.75) is 38.5 Å². The van der Waals surface area contributed by atoms with Crippen molar-refractivity contribution >= 4 is 5.78 Å². The lowest BCUT2D eigenvalue weighted by Crippen LogP contribution is -2.18. The number of hydrogen-bond donors (Lipinski definition) is 0. The fourth-order valence-corrected chi connectivity index (χ4v) is 1.68. The average Bonchev–Trinajstić information content (AvgIpc) is 2.03. The molecule has 0 aromatic carbocycles. The van der Waals surface area contributed by atoms with Gasteiger partial charge in [0.2, 0.25) is 0 Å². The SMILES string of the molecule is C=CCC[C@H]1CCCCC1=O. The van der Waals surface area contributed by atoms with E-state index in [0.717, 1.165) is 32.1 Å². The lowest BCUT2D eigenvalue weighted by Gasteiger charge is -2.19. The lowest BCUT2D eigenvalue weighted by molar-refractivity contribution is -0.124. The Balaban J connectivity index is 2.29. The van der Waals surface area contributed by atoms with Gasteiger partial charge in [0.25, 0.3) is 0 Å². The molecule has 0 spiro atoms. The summed E-state index contributed by atoms with van der Waals surface area (Å²) >= 11 is 0. The molecule has 0 aromatic rings. The van der Waals surface area contributed by atoms with E-state index >= 15 is 0 Å². The molecule has 0 saturated heterocycles. The Labute approximate surface area is 68.5 Å². The Morgan fingerprint density at radius 2 is 2.36 bits per heavy atom. The Hall–Kier alpha value is -0.590. The van der Waals surface area contributed by atoms with Gasteiger partial charge in [0.15, 0.2) is 0 Å². The van der Waals surface area contributed by atoms with Gasteiger partial charge in [0, 0.05) is 12.3 Å². The van der Waals surface area contributed by atoms with E-state index in [9.17, 15) is 4.79 Å². The zero-order valence-corrected chi connectivity index (χ0v) is 7.01. The molecular weight excluding hydrogens is 136 g/mol. The van der Waals surface area contributed by atoms with Crippen LogP contribution in [-0.4, -0.2) is 5.78 Å². The van der Waals surface area contributed by atoms with Crippen molar-refractivity contribution in [3.8, 4) is 0 Å². The molecule has 0 radical (unpaired) electrons. The van der Waals surface area contributed by atoms with Crippen LogP contribution in [0.4, 0.5) is 0 Å². The summed E-state index contributed by atoms with van der Waals surface area (Å²) in [5.41, 5.74) is 0. The van der Waals surface area contributed by atoms with Crippen LogP contribution in [-0.2, 0) is 4.79 Å². The molecule has 0 heterocycles. The fraction of sp³-hybridized carbons (Fsp3) is 0.700. The molecule has 1 aliphatic carbocycles. The Morgan fingerprint density at radius 1 is 1.55 bits per heavy atom. The van der Waals surface area contributed by atoms with Gasteiger partial charge in [0.05, 0.1) is 0 Å². The standard InChI is InChI=1S/C10H16O/c1-2-3-6-9-7-4-5-8-10(9)11/h2,9H,1,3-8H2/t9-/m0/s1. The van der Waals surface area contributed by atoms with Gasteiger partial charge in [0.1, 0.15) is 5.78 Å². The largest absolute Gasteiger partial charge is 0.299 e. The highest BCUT2D eigenvalue weighted by molar-refractivity contribution is 5.81. The van der Waals surface area contributed by atoms with Crippen molar-refractivity contribution in [2.75, 3.05) is 0 Å². The molecule has 1 nitrogen and oxygen atoms in total. The Bertz CT molecular complexity index is 149. The van der Waals surface area contributed by atoms with E-state index in [1.54, 1.807) is 0 Å². The summed E-state index contributed by atoms with van der Waals surface area (Å²) in [6.45, 7) is 3.66. The van der Waals surface area contributed by atoms with Gasteiger partial charge in [-0.2, -0.15) is 0 Å². The van der Waals surface area contributed by atoms with Crippen LogP contribution in [0.15, 0.2) is 12.7 Å². The van der Waals surface area contributed by atoms with E-state index in [4.69, 9.17) is 0 Å². The summed E-state index contributed by atoms with van der Waals surface area (Å²) < 4.78 is 0. The number of carbonyl (C=O) groups is 1. The van der Waals surface area contributed by atoms with Gasteiger partial charge in [-0.15, -0.1) is 6.58 Å². The highest BCUT2D eigenvalue weighted by Gasteiger charge is 2.20. The van der Waals surface area contributed by atoms with Crippen LogP contribution in [0, 0.1) is 5.92 Å². The summed E-state index contributed by atoms with van der Waals surface area (Å²) in [4.78, 5) is 11.3. The van der Waals surface area contributed by atoms with Gasteiger partial charge < -0.3 is 0 Å². The zero-order chi connectivity index (χ0) is 8.10. The minimum atomic E-state index is 0.363. The maximum Gasteiger partial charge on any atom is 0.135 e. The zero-order valence-electron chi connectivity index (χ0n) is 7.01. The molecule has 1 atom stereocenters. The van der Waals surface area contributed by atoms with Crippen LogP contribution < -0.4 is 0 Å². The van der Waals surface area contributed by atoms with Crippen molar-refractivity contribution in [1.29, 1.82) is 0 Å². The van der Waals surface area contributed by atoms with Gasteiger partial charge in [-0.1, -0.05) is 12.5 Å². The second-order valence-corrected chi connectivity index (χ2v) is 3.28. The quantitative estimate of drug-likeness (QED) is 0.568. The van der Waals surface area contributed by atoms with Crippen molar-refractivity contribution < 1.29 is 4.79 Å². The number of rotatable bonds is 3. The van der Waals surface area contributed by atoms with E-state index < -0.39 is 0 Å². The molecule has 1 rings (SSSR count). The highest BCUT2D eigenvalue weighted by Crippen LogP contribution is 2.24. The van der Waals surface area contributed by atoms with Crippen LogP contribution in [0.1, 0.15) is 38.5 Å². The summed E-state index contributed by atoms with van der Waals surface area (Å²) in [6, 6.07) is 0. The predicted molar refractivity (Wildman–Crippen MR) is 46.4 cm³/mol. The first kappa shape index (κ1) is 8.51. The first-order valence-electron chi connectivity index (χ1n) is 4.48. The molecule has 1 heteroatoms. The molecule has 0 unspecified atom stereocenters. The van der Waals surface area contributed by atoms with Crippen molar-refractivity contribution in [3.05, 3.63) is 12.7 Å². The molecular formula is C10H16O. The third kappa shape index (κ3) is 2.49. The summed E-state index contributed by atoms with van der Waals surface area (Å²) in [5, 5.41) is 0. The second kappa shape index (κ2) is 4.32. The molecule has 1 fully saturated rings. The molecule has 0 aliphatic heterocycles. The van der Waals surface area contributed by atoms with Crippen molar-refractivity contribution in [1.82, 2.24) is 0 Å². The van der Waals surface area contributed by atoms with E-state index in [0.29, 0.717) is 11.7 Å². The number of allylic oxidation sites excluding steroid dienone is 1. The van der Waals surface area contributed by atoms with Crippen LogP contribution in [0.3, 0.4) is 0 Å². The molecule has 0 amide bonds. The van der Waals surface area contributed by atoms with Gasteiger partial charge >= 0.3 is 0 Å². The summed E-state index contributed by atoms with van der Waals surface area (Å²) in [5.74, 6) is 0.847. The Morgan fingerprint density at radius 3 is 3.00 bits per heavy atom. The number of carbonyl (C=O) groups excluding carboxylic acids is 1. The van der Waals surface area contributed by atoms with Crippen LogP contribution in [0.5, 0.6) is 0 Å². The average molecular weight is 152 g/mol. The highest BCUT2D eigenvalue weighted by atomic mass is 16.1. The van der Waals surface area contributed by atoms with Crippen LogP contribution in [0.25, 0.3) is 0 Å². The molecule has 0 bridgehead atoms. The van der Waals surface area contributed by atoms with E-state index in [1.807, 2.05) is 6.08 Å². The van der Waals surface area contributed by atoms with Crippen LogP contribution in [0.2, 0.25) is 0 Å². The topological polar surface area (TPSA) is 17.1 Å². The minimum absolute atomic E-state index is 0.363. The number of ketones is 1. The van der Waals surface area contributed by atoms with Gasteiger partial charge in [-0.25, -0.2) is 0 Å². The first-order valence-corrected chi connectivity index (χ1v) is 4.48. The maximum absolute atomic E-state index is 11.3. The third-order valence-electron chi connectivity index (χ3n) is 2.40. The molecule has 0 aromatic heterocycles. The van der Waals surface area contributed by atoms with Crippen molar-refractivity contribution in [2.24, 2.45) is 5.92 Å². The third-order valence-corrected chi connectivity index (χ3v) is 2.40. The fourth-order valence-electron chi connectivity index (χ4n) is 1.68. The number of Topliss-reactive ketones (excluding diaryl/α,β-unsaturated/α-hetero) is 1. The normalized spacial score (nSPS) is 25.1. The first-order chi connectivity index (χ1) is 5.34. The Kier molecular flexibility index (Phi) is 3.34. The molecule has 1 aliphatic rings. The smallest absolute Gasteiger partial charge is 0.135 e. The molecule has 0 N–H and O–H groups in total. The monoisotopic (exact) mass is 152 g/mol. The maximum atomic E-state index is 11.3. The van der Waals surface area contributed by atoms with E-state index in [2.05, 4.69) is 6.58 Å². The molecule has 11 heavy (non-hydrogen) atoms. The van der Waals surface area contributed by atoms with E-state index in [-0.39, 0.29) is 0 Å². The molecule has 62 valence electrons. The lowest BCUT2D eigenvalue weighted by atomic mass is 9.85. The molecule has 1 saturated carbocycles. The van der Waals surface area contributed by atoms with Crippen molar-refractivity contribution in [3.63, 3.8) is 0 Å². The van der Waals surface area contributed by atoms with Gasteiger partial charge in [-0.05, 0) is 25.7 Å². The predicted octanol–water partition coefficient (Wildman–Crippen LogP) is 2.71. The summed E-state index contributed by atoms with van der Waals surface area (Å²) in [7, 11) is 0. The van der Waals surface area contributed by atoms with Gasteiger partial charge in [-0.3, -0.25) is 4.79 Å². The second-order valence-electron chi connectivity index (χ2n) is 3.28. The number of hydrogen-bond acceptors (Lipinski definition) is 1. The minimum Gasteiger partial charge on any atom is -0.299 e. The van der Waals surface area contributed by atoms with Crippen LogP contribution >= 0.6 is 0 Å². The van der Waals surface area contributed by atoms with E-state index in [1.165, 1.54) is 6.42 Å². The summed E-state index contributed by atoms with van der Waals surface area (Å²) in [6.07, 6.45) is 8.23.